The van der Waals surface area contributed by atoms with Gasteiger partial charge in [-0.1, -0.05) is 35.5 Å². The van der Waals surface area contributed by atoms with E-state index in [1.807, 2.05) is 0 Å². The number of anilines is 2. The first-order valence-electron chi connectivity index (χ1n) is 7.35. The molecule has 0 unspecified atom stereocenters. The first-order valence-corrected chi connectivity index (χ1v) is 8.71. The molecule has 0 saturated heterocycles. The van der Waals surface area contributed by atoms with Gasteiger partial charge in [-0.05, 0) is 36.4 Å². The molecule has 2 amide bonds. The molecule has 8 heteroatoms. The number of nitrogens with one attached hydrogen (secondary N) is 1. The summed E-state index contributed by atoms with van der Waals surface area (Å²) >= 11 is 7.29. The van der Waals surface area contributed by atoms with Gasteiger partial charge in [-0.3, -0.25) is 19.5 Å². The van der Waals surface area contributed by atoms with Gasteiger partial charge in [0.15, 0.2) is 5.17 Å². The maximum Gasteiger partial charge on any atom is 0.254 e. The highest BCUT2D eigenvalue weighted by atomic mass is 35.5. The highest BCUT2D eigenvalue weighted by Crippen LogP contribution is 2.30. The van der Waals surface area contributed by atoms with E-state index < -0.39 is 0 Å². The zero-order chi connectivity index (χ0) is 17.8. The van der Waals surface area contributed by atoms with E-state index in [0.29, 0.717) is 21.6 Å². The van der Waals surface area contributed by atoms with E-state index >= 15 is 0 Å². The van der Waals surface area contributed by atoms with Gasteiger partial charge in [0.05, 0.1) is 16.5 Å². The second-order valence-corrected chi connectivity index (χ2v) is 6.47. The van der Waals surface area contributed by atoms with Crippen LogP contribution < -0.4 is 10.2 Å². The molecule has 0 spiro atoms. The first kappa shape index (κ1) is 17.4. The lowest BCUT2D eigenvalue weighted by atomic mass is 10.3. The molecular weight excluding hydrogens is 365 g/mol. The number of hydrogen-bond acceptors (Lipinski definition) is 4. The van der Waals surface area contributed by atoms with Crippen molar-refractivity contribution in [3.05, 3.63) is 59.4 Å². The summed E-state index contributed by atoms with van der Waals surface area (Å²) in [7, 11) is 0. The summed E-state index contributed by atoms with van der Waals surface area (Å²) in [4.78, 5) is 29.7. The number of carbonyl (C=O) groups excluding carboxylic acids is 2. The molecule has 5 nitrogen and oxygen atoms in total. The van der Waals surface area contributed by atoms with Gasteiger partial charge in [0.2, 0.25) is 5.91 Å². The number of rotatable bonds is 4. The van der Waals surface area contributed by atoms with Gasteiger partial charge in [0.25, 0.3) is 5.91 Å². The van der Waals surface area contributed by atoms with Crippen molar-refractivity contribution in [1.82, 2.24) is 0 Å². The molecule has 0 aromatic heterocycles. The van der Waals surface area contributed by atoms with Crippen molar-refractivity contribution in [1.29, 1.82) is 0 Å². The lowest BCUT2D eigenvalue weighted by molar-refractivity contribution is -0.116. The third kappa shape index (κ3) is 4.18. The molecule has 0 atom stereocenters. The van der Waals surface area contributed by atoms with E-state index in [-0.39, 0.29) is 29.9 Å². The number of amides is 2. The number of nitrogens with zero attached hydrogens (tertiary/aromatic N) is 2. The molecule has 0 fully saturated rings. The van der Waals surface area contributed by atoms with Crippen LogP contribution in [0.15, 0.2) is 53.5 Å². The van der Waals surface area contributed by atoms with Crippen LogP contribution in [0.1, 0.15) is 0 Å². The van der Waals surface area contributed by atoms with E-state index in [2.05, 4.69) is 10.3 Å². The Morgan fingerprint density at radius 1 is 1.24 bits per heavy atom. The highest BCUT2D eigenvalue weighted by Gasteiger charge is 2.29. The van der Waals surface area contributed by atoms with E-state index in [4.69, 9.17) is 11.6 Å². The predicted octanol–water partition coefficient (Wildman–Crippen LogP) is 3.55. The SMILES string of the molecule is O=C(CSC1=NCC(=O)N1c1ccccc1Cl)Nc1ccc(F)cc1. The lowest BCUT2D eigenvalue weighted by Gasteiger charge is -2.19. The van der Waals surface area contributed by atoms with E-state index in [1.54, 1.807) is 24.3 Å². The summed E-state index contributed by atoms with van der Waals surface area (Å²) in [6.07, 6.45) is 0. The fraction of sp³-hybridized carbons (Fsp3) is 0.118. The predicted molar refractivity (Wildman–Crippen MR) is 98.7 cm³/mol. The van der Waals surface area contributed by atoms with Gasteiger partial charge < -0.3 is 5.32 Å². The van der Waals surface area contributed by atoms with Crippen molar-refractivity contribution in [3.63, 3.8) is 0 Å². The maximum atomic E-state index is 12.9. The molecule has 2 aromatic carbocycles. The summed E-state index contributed by atoms with van der Waals surface area (Å²) in [6.45, 7) is 0.0210. The van der Waals surface area contributed by atoms with Gasteiger partial charge in [-0.15, -0.1) is 0 Å². The van der Waals surface area contributed by atoms with Crippen molar-refractivity contribution in [3.8, 4) is 0 Å². The monoisotopic (exact) mass is 377 g/mol. The standard InChI is InChI=1S/C17H13ClFN3O2S/c18-13-3-1-2-4-14(13)22-16(24)9-20-17(22)25-10-15(23)21-12-7-5-11(19)6-8-12/h1-8H,9-10H2,(H,21,23). The Hall–Kier alpha value is -2.38. The van der Waals surface area contributed by atoms with Crippen molar-refractivity contribution in [2.24, 2.45) is 4.99 Å². The molecule has 0 saturated carbocycles. The van der Waals surface area contributed by atoms with Gasteiger partial charge in [-0.25, -0.2) is 4.39 Å². The number of para-hydroxylation sites is 1. The van der Waals surface area contributed by atoms with Gasteiger partial charge in [-0.2, -0.15) is 0 Å². The summed E-state index contributed by atoms with van der Waals surface area (Å²) in [5.74, 6) is -0.793. The molecule has 1 N–H and O–H groups in total. The summed E-state index contributed by atoms with van der Waals surface area (Å²) in [5.41, 5.74) is 1.04. The van der Waals surface area contributed by atoms with Crippen LogP contribution in [0.2, 0.25) is 5.02 Å². The molecule has 1 aliphatic rings. The zero-order valence-corrected chi connectivity index (χ0v) is 14.5. The Labute approximate surface area is 152 Å². The first-order chi connectivity index (χ1) is 12.0. The molecule has 3 rings (SSSR count). The van der Waals surface area contributed by atoms with Crippen LogP contribution in [0.3, 0.4) is 0 Å². The minimum absolute atomic E-state index is 0.0210. The van der Waals surface area contributed by atoms with Crippen LogP contribution in [-0.4, -0.2) is 29.3 Å². The van der Waals surface area contributed by atoms with Crippen LogP contribution in [0, 0.1) is 5.82 Å². The molecule has 25 heavy (non-hydrogen) atoms. The molecule has 1 aliphatic heterocycles. The molecule has 0 aliphatic carbocycles. The average molecular weight is 378 g/mol. The van der Waals surface area contributed by atoms with Gasteiger partial charge in [0.1, 0.15) is 12.4 Å². The minimum Gasteiger partial charge on any atom is -0.325 e. The fourth-order valence-corrected chi connectivity index (χ4v) is 3.26. The van der Waals surface area contributed by atoms with Crippen LogP contribution in [0.4, 0.5) is 15.8 Å². The van der Waals surface area contributed by atoms with Crippen LogP contribution in [0.25, 0.3) is 0 Å². The van der Waals surface area contributed by atoms with Crippen molar-refractivity contribution in [2.45, 2.75) is 0 Å². The number of benzene rings is 2. The largest absolute Gasteiger partial charge is 0.325 e. The number of halogens is 2. The minimum atomic E-state index is -0.374. The van der Waals surface area contributed by atoms with Crippen LogP contribution >= 0.6 is 23.4 Å². The molecule has 0 radical (unpaired) electrons. The Morgan fingerprint density at radius 2 is 1.96 bits per heavy atom. The number of carbonyl (C=O) groups is 2. The third-order valence-corrected chi connectivity index (χ3v) is 4.64. The van der Waals surface area contributed by atoms with Crippen LogP contribution in [-0.2, 0) is 9.59 Å². The van der Waals surface area contributed by atoms with Crippen molar-refractivity contribution in [2.75, 3.05) is 22.5 Å². The zero-order valence-electron chi connectivity index (χ0n) is 12.9. The van der Waals surface area contributed by atoms with E-state index in [9.17, 15) is 14.0 Å². The maximum absolute atomic E-state index is 12.9. The van der Waals surface area contributed by atoms with Crippen LogP contribution in [0.5, 0.6) is 0 Å². The topological polar surface area (TPSA) is 61.8 Å². The quantitative estimate of drug-likeness (QED) is 0.886. The third-order valence-electron chi connectivity index (χ3n) is 3.34. The van der Waals surface area contributed by atoms with Gasteiger partial charge in [0, 0.05) is 5.69 Å². The average Bonchev–Trinajstić information content (AvgIpc) is 2.96. The summed E-state index contributed by atoms with van der Waals surface area (Å²) in [5, 5.41) is 3.52. The lowest BCUT2D eigenvalue weighted by Crippen LogP contribution is -2.31. The molecule has 1 heterocycles. The molecule has 2 aromatic rings. The Kier molecular flexibility index (Phi) is 5.35. The number of thioether (sulfide) groups is 1. The molecule has 0 bridgehead atoms. The number of aliphatic imine (C=N–C) groups is 1. The van der Waals surface area contributed by atoms with E-state index in [1.165, 1.54) is 29.2 Å². The normalized spacial score (nSPS) is 13.8. The second kappa shape index (κ2) is 7.67. The van der Waals surface area contributed by atoms with E-state index in [0.717, 1.165) is 11.8 Å². The number of hydrogen-bond donors (Lipinski definition) is 1. The van der Waals surface area contributed by atoms with Crippen molar-refractivity contribution >= 4 is 51.7 Å². The Bertz CT molecular complexity index is 842. The summed E-state index contributed by atoms with van der Waals surface area (Å²) < 4.78 is 12.9. The second-order valence-electron chi connectivity index (χ2n) is 5.12. The van der Waals surface area contributed by atoms with Crippen molar-refractivity contribution < 1.29 is 14.0 Å². The fourth-order valence-electron chi connectivity index (χ4n) is 2.22. The smallest absolute Gasteiger partial charge is 0.254 e. The highest BCUT2D eigenvalue weighted by molar-refractivity contribution is 8.14. The number of amidine groups is 1. The molecule has 128 valence electrons. The Balaban J connectivity index is 1.64. The molecular formula is C17H13ClFN3O2S. The van der Waals surface area contributed by atoms with Gasteiger partial charge >= 0.3 is 0 Å². The summed E-state index contributed by atoms with van der Waals surface area (Å²) in [6, 6.07) is 12.4. The Morgan fingerprint density at radius 3 is 2.68 bits per heavy atom.